The van der Waals surface area contributed by atoms with Crippen molar-refractivity contribution in [3.8, 4) is 0 Å². The maximum Gasteiger partial charge on any atom is 0.151 e. The first-order chi connectivity index (χ1) is 13.9. The molecule has 0 radical (unpaired) electrons. The molecule has 15 heteroatoms. The quantitative estimate of drug-likeness (QED) is 0.123. The van der Waals surface area contributed by atoms with E-state index in [2.05, 4.69) is 0 Å². The molecule has 0 bridgehead atoms. The fraction of sp³-hybridized carbons (Fsp3) is 0.800. The highest BCUT2D eigenvalue weighted by Gasteiger charge is 2.24. The van der Waals surface area contributed by atoms with Crippen LogP contribution >= 0.6 is 0 Å². The van der Waals surface area contributed by atoms with Crippen molar-refractivity contribution in [2.24, 2.45) is 0 Å². The number of hydrogen-bond acceptors (Lipinski definition) is 15. The summed E-state index contributed by atoms with van der Waals surface area (Å²) in [6, 6.07) is 0. The van der Waals surface area contributed by atoms with Crippen molar-refractivity contribution in [2.45, 2.75) is 54.9 Å². The lowest BCUT2D eigenvalue weighted by atomic mass is 10.1. The van der Waals surface area contributed by atoms with E-state index in [9.17, 15) is 14.4 Å². The highest BCUT2D eigenvalue weighted by atomic mass is 16.4. The number of carbonyl (C=O) groups excluding carboxylic acids is 3. The third-order valence-electron chi connectivity index (χ3n) is 3.21. The van der Waals surface area contributed by atoms with Crippen LogP contribution in [0.2, 0.25) is 0 Å². The summed E-state index contributed by atoms with van der Waals surface area (Å²) in [5.41, 5.74) is 0. The van der Waals surface area contributed by atoms with Crippen LogP contribution in [-0.4, -0.2) is 155 Å². The average molecular weight is 450 g/mol. The molecule has 180 valence electrons. The standard InChI is InChI=1S/3C5H10O5/c3*6-1-3(8)5(10)4(9)2-7/h3*1,3-5,7-10H,2H2/t3-,4+,5+;3-,4+,5-;/m10./s1. The molecule has 0 rings (SSSR count). The second-order valence-electron chi connectivity index (χ2n) is 5.60. The van der Waals surface area contributed by atoms with Crippen LogP contribution in [0.4, 0.5) is 0 Å². The van der Waals surface area contributed by atoms with Crippen molar-refractivity contribution < 1.29 is 75.7 Å². The van der Waals surface area contributed by atoms with Crippen LogP contribution < -0.4 is 0 Å². The van der Waals surface area contributed by atoms with Gasteiger partial charge in [0.2, 0.25) is 0 Å². The molecule has 0 amide bonds. The van der Waals surface area contributed by atoms with Gasteiger partial charge >= 0.3 is 0 Å². The van der Waals surface area contributed by atoms with Gasteiger partial charge in [0.15, 0.2) is 18.9 Å². The van der Waals surface area contributed by atoms with Crippen molar-refractivity contribution in [1.82, 2.24) is 0 Å². The molecule has 0 fully saturated rings. The summed E-state index contributed by atoms with van der Waals surface area (Å²) in [4.78, 5) is 29.3. The molecule has 9 atom stereocenters. The summed E-state index contributed by atoms with van der Waals surface area (Å²) in [6.45, 7) is -2.07. The summed E-state index contributed by atoms with van der Waals surface area (Å²) in [5.74, 6) is 0. The molecule has 30 heavy (non-hydrogen) atoms. The Bertz CT molecular complexity index is 374. The van der Waals surface area contributed by atoms with E-state index in [1.54, 1.807) is 0 Å². The molecule has 0 aromatic heterocycles. The molecule has 0 aliphatic rings. The van der Waals surface area contributed by atoms with E-state index in [-0.39, 0.29) is 18.9 Å². The highest BCUT2D eigenvalue weighted by Crippen LogP contribution is 1.97. The van der Waals surface area contributed by atoms with Gasteiger partial charge in [0.25, 0.3) is 0 Å². The fourth-order valence-corrected chi connectivity index (χ4v) is 1.25. The van der Waals surface area contributed by atoms with Crippen LogP contribution in [0.25, 0.3) is 0 Å². The zero-order valence-corrected chi connectivity index (χ0v) is 15.6. The third-order valence-corrected chi connectivity index (χ3v) is 3.21. The second-order valence-corrected chi connectivity index (χ2v) is 5.60. The van der Waals surface area contributed by atoms with Crippen molar-refractivity contribution in [2.75, 3.05) is 19.8 Å². The predicted molar refractivity (Wildman–Crippen MR) is 93.5 cm³/mol. The molecule has 0 aliphatic heterocycles. The van der Waals surface area contributed by atoms with Crippen molar-refractivity contribution >= 4 is 18.9 Å². The minimum atomic E-state index is -1.64. The van der Waals surface area contributed by atoms with Gasteiger partial charge in [0.05, 0.1) is 19.8 Å². The van der Waals surface area contributed by atoms with E-state index < -0.39 is 74.8 Å². The zero-order valence-electron chi connectivity index (χ0n) is 15.6. The number of aldehydes is 3. The molecule has 0 saturated heterocycles. The lowest BCUT2D eigenvalue weighted by Gasteiger charge is -2.16. The number of carbonyl (C=O) groups is 3. The number of rotatable bonds is 12. The summed E-state index contributed by atoms with van der Waals surface area (Å²) >= 11 is 0. The van der Waals surface area contributed by atoms with E-state index >= 15 is 0 Å². The Hall–Kier alpha value is -1.47. The molecular formula is C15H30O15. The molecule has 0 saturated carbocycles. The fourth-order valence-electron chi connectivity index (χ4n) is 1.25. The Morgan fingerprint density at radius 3 is 0.700 bits per heavy atom. The highest BCUT2D eigenvalue weighted by molar-refractivity contribution is 5.57. The molecule has 12 N–H and O–H groups in total. The maximum atomic E-state index is 9.76. The van der Waals surface area contributed by atoms with Crippen molar-refractivity contribution in [3.05, 3.63) is 0 Å². The second kappa shape index (κ2) is 19.5. The molecular weight excluding hydrogens is 420 g/mol. The molecule has 0 aliphatic carbocycles. The number of aliphatic hydroxyl groups is 12. The van der Waals surface area contributed by atoms with Crippen LogP contribution in [-0.2, 0) is 14.4 Å². The minimum absolute atomic E-state index is 0.0869. The van der Waals surface area contributed by atoms with Crippen LogP contribution in [0.1, 0.15) is 0 Å². The van der Waals surface area contributed by atoms with Crippen molar-refractivity contribution in [1.29, 1.82) is 0 Å². The first kappa shape index (κ1) is 33.2. The van der Waals surface area contributed by atoms with Gasteiger partial charge in [0, 0.05) is 0 Å². The first-order valence-electron chi connectivity index (χ1n) is 8.20. The normalized spacial score (nSPS) is 19.6. The lowest BCUT2D eigenvalue weighted by Crippen LogP contribution is -2.40. The largest absolute Gasteiger partial charge is 0.394 e. The van der Waals surface area contributed by atoms with Crippen LogP contribution in [0.5, 0.6) is 0 Å². The van der Waals surface area contributed by atoms with Gasteiger partial charge in [-0.3, -0.25) is 0 Å². The van der Waals surface area contributed by atoms with E-state index in [1.807, 2.05) is 0 Å². The summed E-state index contributed by atoms with van der Waals surface area (Å²) in [5, 5.41) is 102. The minimum Gasteiger partial charge on any atom is -0.394 e. The van der Waals surface area contributed by atoms with Gasteiger partial charge in [-0.05, 0) is 0 Å². The van der Waals surface area contributed by atoms with Gasteiger partial charge in [0.1, 0.15) is 54.9 Å². The molecule has 0 aromatic rings. The van der Waals surface area contributed by atoms with Gasteiger partial charge in [-0.15, -0.1) is 0 Å². The number of hydrogen-bond donors (Lipinski definition) is 12. The Balaban J connectivity index is -0.000000364. The maximum absolute atomic E-state index is 9.76. The Morgan fingerprint density at radius 1 is 0.433 bits per heavy atom. The SMILES string of the molecule is O=CC(O)C(O)C(O)CO.O=C[C@@H](O)[C@H](O)[C@@H](O)CO.O=C[C@H](O)[C@H](O)[C@H](O)CO. The Labute approximate surface area is 170 Å². The number of aliphatic hydroxyl groups excluding tert-OH is 12. The topological polar surface area (TPSA) is 294 Å². The van der Waals surface area contributed by atoms with E-state index in [4.69, 9.17) is 61.3 Å². The van der Waals surface area contributed by atoms with E-state index in [0.29, 0.717) is 0 Å². The van der Waals surface area contributed by atoms with Gasteiger partial charge in [-0.1, -0.05) is 0 Å². The van der Waals surface area contributed by atoms with Gasteiger partial charge in [-0.25, -0.2) is 0 Å². The van der Waals surface area contributed by atoms with E-state index in [0.717, 1.165) is 0 Å². The summed E-state index contributed by atoms with van der Waals surface area (Å²) < 4.78 is 0. The van der Waals surface area contributed by atoms with E-state index in [1.165, 1.54) is 0 Å². The molecule has 0 aromatic carbocycles. The zero-order chi connectivity index (χ0) is 24.4. The summed E-state index contributed by atoms with van der Waals surface area (Å²) in [7, 11) is 0. The van der Waals surface area contributed by atoms with Crippen LogP contribution in [0.15, 0.2) is 0 Å². The lowest BCUT2D eigenvalue weighted by molar-refractivity contribution is -0.128. The first-order valence-corrected chi connectivity index (χ1v) is 8.20. The Kier molecular flexibility index (Phi) is 21.6. The van der Waals surface area contributed by atoms with Gasteiger partial charge < -0.3 is 75.7 Å². The molecule has 0 spiro atoms. The van der Waals surface area contributed by atoms with Crippen LogP contribution in [0, 0.1) is 0 Å². The summed E-state index contributed by atoms with van der Waals surface area (Å²) in [6.07, 6.45) is -13.9. The smallest absolute Gasteiger partial charge is 0.151 e. The molecule has 15 nitrogen and oxygen atoms in total. The van der Waals surface area contributed by atoms with Gasteiger partial charge in [-0.2, -0.15) is 0 Å². The van der Waals surface area contributed by atoms with Crippen LogP contribution in [0.3, 0.4) is 0 Å². The third kappa shape index (κ3) is 14.5. The van der Waals surface area contributed by atoms with Crippen molar-refractivity contribution in [3.63, 3.8) is 0 Å². The monoisotopic (exact) mass is 450 g/mol. The Morgan fingerprint density at radius 2 is 0.600 bits per heavy atom. The predicted octanol–water partition coefficient (Wildman–Crippen LogP) is -8.22. The average Bonchev–Trinajstić information content (AvgIpc) is 2.79. The molecule has 3 unspecified atom stereocenters. The molecule has 0 heterocycles.